The van der Waals surface area contributed by atoms with Crippen LogP contribution in [-0.4, -0.2) is 63.6 Å². The van der Waals surface area contributed by atoms with Crippen LogP contribution in [0.2, 0.25) is 0 Å². The molecule has 7 rings (SSSR count). The van der Waals surface area contributed by atoms with E-state index in [0.29, 0.717) is 18.2 Å². The Morgan fingerprint density at radius 3 is 2.75 bits per heavy atom. The van der Waals surface area contributed by atoms with Crippen LogP contribution in [0.1, 0.15) is 44.6 Å². The lowest BCUT2D eigenvalue weighted by Gasteiger charge is -2.55. The van der Waals surface area contributed by atoms with E-state index >= 15 is 0 Å². The minimum Gasteiger partial charge on any atom is -0.388 e. The molecule has 3 aliphatic carbocycles. The van der Waals surface area contributed by atoms with Crippen molar-refractivity contribution in [1.82, 2.24) is 9.88 Å². The third-order valence-corrected chi connectivity index (χ3v) is 10.1. The fourth-order valence-corrected chi connectivity index (χ4v) is 8.27. The zero-order valence-corrected chi connectivity index (χ0v) is 21.2. The normalized spacial score (nSPS) is 40.9. The summed E-state index contributed by atoms with van der Waals surface area (Å²) in [5.41, 5.74) is 9.73. The number of pyridine rings is 1. The zero-order chi connectivity index (χ0) is 25.0. The Kier molecular flexibility index (Phi) is 4.59. The van der Waals surface area contributed by atoms with Crippen molar-refractivity contribution in [3.63, 3.8) is 0 Å². The monoisotopic (exact) mass is 485 g/mol. The largest absolute Gasteiger partial charge is 0.388 e. The first-order valence-electron chi connectivity index (χ1n) is 13.2. The highest BCUT2D eigenvalue weighted by atomic mass is 16.5. The highest BCUT2D eigenvalue weighted by molar-refractivity contribution is 5.88. The molecule has 1 saturated carbocycles. The van der Waals surface area contributed by atoms with Gasteiger partial charge in [-0.3, -0.25) is 0 Å². The smallest absolute Gasteiger partial charge is 0.123 e. The first kappa shape index (κ1) is 22.7. The topological polar surface area (TPSA) is 91.8 Å². The first-order chi connectivity index (χ1) is 17.2. The van der Waals surface area contributed by atoms with E-state index in [9.17, 15) is 10.2 Å². The Hall–Kier alpha value is -2.51. The van der Waals surface area contributed by atoms with E-state index in [1.807, 2.05) is 31.3 Å². The molecular formula is C30H35N3O3. The predicted octanol–water partition coefficient (Wildman–Crippen LogP) is 3.84. The number of allylic oxidation sites excluding steroid dienone is 3. The van der Waals surface area contributed by atoms with Gasteiger partial charge in [0.25, 0.3) is 0 Å². The molecule has 4 N–H and O–H groups in total. The Bertz CT molecular complexity index is 1380. The molecule has 36 heavy (non-hydrogen) atoms. The molecule has 2 spiro atoms. The highest BCUT2D eigenvalue weighted by Gasteiger charge is 2.67. The van der Waals surface area contributed by atoms with Crippen LogP contribution < -0.4 is 5.73 Å². The molecule has 0 radical (unpaired) electrons. The van der Waals surface area contributed by atoms with Crippen molar-refractivity contribution in [2.45, 2.75) is 68.5 Å². The van der Waals surface area contributed by atoms with Crippen LogP contribution in [0, 0.1) is 11.3 Å². The number of aliphatic hydroxyl groups is 2. The Balaban J connectivity index is 1.29. The maximum atomic E-state index is 11.2. The second-order valence-electron chi connectivity index (χ2n) is 12.1. The standard InChI is InChI=1S/C30H35N3O3/c1-28-9-8-20-14-22-26(34)27(35)23(33(2)3)15-29(22)10-11-30(20,36-29)24(28)7-6-21(28)18-5-4-17-13-25(31)32-16-19(17)12-18/h4-6,8,12-14,16,23-24,26-27,34-35H,7,9-11,15H2,1-3H3,(H2,31,32)/t23-,24?,26+,27+,28+,29+,30+/m0/s1. The number of nitrogens with two attached hydrogens (primary N) is 1. The molecule has 1 unspecified atom stereocenters. The highest BCUT2D eigenvalue weighted by Crippen LogP contribution is 2.67. The fraction of sp³-hybridized carbons (Fsp3) is 0.500. The molecule has 0 amide bonds. The van der Waals surface area contributed by atoms with Gasteiger partial charge >= 0.3 is 0 Å². The SMILES string of the molecule is CN(C)[C@H]1C[C@@]23CC[C@@]4(O2)C(=CC[C@]2(C)C(c5ccc6cc(N)ncc6c5)=CCC24)C=C3[C@@H](O)[C@@H]1O. The first-order valence-corrected chi connectivity index (χ1v) is 13.2. The Morgan fingerprint density at radius 2 is 1.94 bits per heavy atom. The lowest BCUT2D eigenvalue weighted by molar-refractivity contribution is -0.161. The molecule has 6 nitrogen and oxygen atoms in total. The van der Waals surface area contributed by atoms with Gasteiger partial charge in [0.2, 0.25) is 0 Å². The zero-order valence-electron chi connectivity index (χ0n) is 21.2. The summed E-state index contributed by atoms with van der Waals surface area (Å²) in [6.07, 6.45) is 11.6. The lowest BCUT2D eigenvalue weighted by atomic mass is 9.58. The van der Waals surface area contributed by atoms with Gasteiger partial charge < -0.3 is 25.6 Å². The molecule has 1 aromatic carbocycles. The van der Waals surface area contributed by atoms with Crippen LogP contribution in [-0.2, 0) is 4.74 Å². The fourth-order valence-electron chi connectivity index (χ4n) is 8.27. The number of nitrogen functional groups attached to an aromatic ring is 1. The molecule has 6 heteroatoms. The summed E-state index contributed by atoms with van der Waals surface area (Å²) in [5.74, 6) is 0.875. The number of rotatable bonds is 2. The summed E-state index contributed by atoms with van der Waals surface area (Å²) < 4.78 is 7.23. The lowest BCUT2D eigenvalue weighted by Crippen LogP contribution is -2.61. The summed E-state index contributed by atoms with van der Waals surface area (Å²) in [7, 11) is 3.95. The third-order valence-electron chi connectivity index (χ3n) is 10.1. The third kappa shape index (κ3) is 2.79. The minimum atomic E-state index is -0.894. The Morgan fingerprint density at radius 1 is 1.11 bits per heavy atom. The molecule has 1 saturated heterocycles. The number of hydrogen-bond acceptors (Lipinski definition) is 6. The van der Waals surface area contributed by atoms with Crippen molar-refractivity contribution in [3.8, 4) is 0 Å². The van der Waals surface area contributed by atoms with Crippen molar-refractivity contribution in [3.05, 3.63) is 65.4 Å². The molecule has 2 aromatic rings. The van der Waals surface area contributed by atoms with E-state index in [2.05, 4.69) is 48.3 Å². The molecule has 3 heterocycles. The number of nitrogens with zero attached hydrogens (tertiary/aromatic N) is 2. The summed E-state index contributed by atoms with van der Waals surface area (Å²) in [6, 6.07) is 8.40. The minimum absolute atomic E-state index is 0.0387. The summed E-state index contributed by atoms with van der Waals surface area (Å²) >= 11 is 0. The number of aliphatic hydroxyl groups excluding tert-OH is 2. The maximum absolute atomic E-state index is 11.2. The average Bonchev–Trinajstić information content (AvgIpc) is 3.37. The number of fused-ring (bicyclic) bond motifs is 2. The summed E-state index contributed by atoms with van der Waals surface area (Å²) in [5, 5.41) is 24.2. The molecule has 1 aromatic heterocycles. The van der Waals surface area contributed by atoms with Gasteiger partial charge in [-0.05, 0) is 86.0 Å². The van der Waals surface area contributed by atoms with E-state index in [0.717, 1.165) is 42.0 Å². The van der Waals surface area contributed by atoms with Gasteiger partial charge in [0.05, 0.1) is 17.3 Å². The van der Waals surface area contributed by atoms with E-state index in [1.54, 1.807) is 0 Å². The van der Waals surface area contributed by atoms with Crippen molar-refractivity contribution >= 4 is 22.2 Å². The predicted molar refractivity (Wildman–Crippen MR) is 141 cm³/mol. The van der Waals surface area contributed by atoms with Gasteiger partial charge in [0.15, 0.2) is 0 Å². The van der Waals surface area contributed by atoms with E-state index in [-0.39, 0.29) is 17.1 Å². The van der Waals surface area contributed by atoms with Gasteiger partial charge in [0, 0.05) is 29.0 Å². The van der Waals surface area contributed by atoms with Gasteiger partial charge in [0.1, 0.15) is 11.9 Å². The average molecular weight is 486 g/mol. The molecule has 2 aliphatic heterocycles. The quantitative estimate of drug-likeness (QED) is 0.599. The van der Waals surface area contributed by atoms with Gasteiger partial charge in [-0.2, -0.15) is 0 Å². The van der Waals surface area contributed by atoms with Crippen molar-refractivity contribution in [2.75, 3.05) is 19.8 Å². The molecule has 188 valence electrons. The second kappa shape index (κ2) is 7.29. The number of anilines is 1. The van der Waals surface area contributed by atoms with Crippen LogP contribution in [0.3, 0.4) is 0 Å². The molecule has 2 fully saturated rings. The second-order valence-corrected chi connectivity index (χ2v) is 12.1. The Labute approximate surface area is 212 Å². The molecule has 2 bridgehead atoms. The number of ether oxygens (including phenoxy) is 1. The number of hydrogen-bond donors (Lipinski definition) is 3. The van der Waals surface area contributed by atoms with Crippen LogP contribution in [0.15, 0.2) is 59.8 Å². The van der Waals surface area contributed by atoms with Crippen LogP contribution in [0.25, 0.3) is 16.3 Å². The van der Waals surface area contributed by atoms with Crippen molar-refractivity contribution in [1.29, 1.82) is 0 Å². The van der Waals surface area contributed by atoms with E-state index < -0.39 is 17.8 Å². The molecule has 5 aliphatic rings. The number of likely N-dealkylation sites (N-methyl/N-ethyl adjacent to an activating group) is 1. The van der Waals surface area contributed by atoms with E-state index in [1.165, 1.54) is 16.7 Å². The van der Waals surface area contributed by atoms with Crippen LogP contribution in [0.4, 0.5) is 5.82 Å². The molecule has 7 atom stereocenters. The van der Waals surface area contributed by atoms with Gasteiger partial charge in [-0.1, -0.05) is 37.3 Å². The molecular weight excluding hydrogens is 450 g/mol. The van der Waals surface area contributed by atoms with Crippen LogP contribution in [0.5, 0.6) is 0 Å². The number of aromatic nitrogens is 1. The van der Waals surface area contributed by atoms with Gasteiger partial charge in [-0.25, -0.2) is 4.98 Å². The van der Waals surface area contributed by atoms with Crippen LogP contribution >= 0.6 is 0 Å². The summed E-state index contributed by atoms with van der Waals surface area (Å²) in [4.78, 5) is 6.34. The van der Waals surface area contributed by atoms with Crippen molar-refractivity contribution in [2.24, 2.45) is 11.3 Å². The number of benzene rings is 1. The van der Waals surface area contributed by atoms with E-state index in [4.69, 9.17) is 10.5 Å². The summed E-state index contributed by atoms with van der Waals surface area (Å²) in [6.45, 7) is 2.40. The van der Waals surface area contributed by atoms with Gasteiger partial charge in [-0.15, -0.1) is 0 Å². The maximum Gasteiger partial charge on any atom is 0.123 e. The van der Waals surface area contributed by atoms with Crippen molar-refractivity contribution < 1.29 is 14.9 Å².